The fourth-order valence-corrected chi connectivity index (χ4v) is 2.72. The fraction of sp³-hybridized carbons (Fsp3) is 1.00. The summed E-state index contributed by atoms with van der Waals surface area (Å²) in [4.78, 5) is 0. The molecule has 0 amide bonds. The van der Waals surface area contributed by atoms with Crippen LogP contribution in [0.3, 0.4) is 0 Å². The molecule has 0 saturated heterocycles. The quantitative estimate of drug-likeness (QED) is 0.688. The van der Waals surface area contributed by atoms with Crippen LogP contribution in [-0.2, 0) is 4.74 Å². The van der Waals surface area contributed by atoms with Gasteiger partial charge < -0.3 is 10.1 Å². The second-order valence-corrected chi connectivity index (χ2v) is 6.20. The molecule has 2 aliphatic carbocycles. The monoisotopic (exact) mass is 239 g/mol. The molecular weight excluding hydrogens is 210 g/mol. The summed E-state index contributed by atoms with van der Waals surface area (Å²) in [5, 5.41) is 3.55. The third-order valence-corrected chi connectivity index (χ3v) is 4.49. The van der Waals surface area contributed by atoms with Crippen LogP contribution in [-0.4, -0.2) is 25.3 Å². The molecule has 0 aliphatic heterocycles. The predicted octanol–water partition coefficient (Wildman–Crippen LogP) is 3.36. The second kappa shape index (κ2) is 6.75. The van der Waals surface area contributed by atoms with Gasteiger partial charge >= 0.3 is 0 Å². The smallest absolute Gasteiger partial charge is 0.0577 e. The van der Waals surface area contributed by atoms with Crippen LogP contribution in [0, 0.1) is 11.8 Å². The van der Waals surface area contributed by atoms with E-state index in [1.54, 1.807) is 0 Å². The van der Waals surface area contributed by atoms with Crippen molar-refractivity contribution in [2.75, 3.05) is 13.2 Å². The summed E-state index contributed by atoms with van der Waals surface area (Å²) >= 11 is 0. The zero-order valence-electron chi connectivity index (χ0n) is 11.6. The van der Waals surface area contributed by atoms with Crippen molar-refractivity contribution in [1.29, 1.82) is 0 Å². The van der Waals surface area contributed by atoms with Crippen LogP contribution >= 0.6 is 0 Å². The molecule has 2 fully saturated rings. The lowest BCUT2D eigenvalue weighted by Crippen LogP contribution is -2.27. The topological polar surface area (TPSA) is 21.3 Å². The minimum Gasteiger partial charge on any atom is -0.378 e. The van der Waals surface area contributed by atoms with E-state index in [2.05, 4.69) is 19.2 Å². The van der Waals surface area contributed by atoms with Gasteiger partial charge in [-0.1, -0.05) is 13.8 Å². The molecular formula is C15H29NO. The van der Waals surface area contributed by atoms with Crippen LogP contribution in [0.2, 0.25) is 0 Å². The number of hydrogen-bond acceptors (Lipinski definition) is 2. The van der Waals surface area contributed by atoms with Gasteiger partial charge in [0.05, 0.1) is 6.10 Å². The molecule has 0 heterocycles. The van der Waals surface area contributed by atoms with E-state index in [0.29, 0.717) is 6.10 Å². The highest BCUT2D eigenvalue weighted by Gasteiger charge is 2.24. The van der Waals surface area contributed by atoms with Crippen LogP contribution in [0.1, 0.15) is 58.8 Å². The highest BCUT2D eigenvalue weighted by atomic mass is 16.5. The van der Waals surface area contributed by atoms with Crippen molar-refractivity contribution in [3.63, 3.8) is 0 Å². The van der Waals surface area contributed by atoms with Crippen LogP contribution in [0.25, 0.3) is 0 Å². The van der Waals surface area contributed by atoms with E-state index >= 15 is 0 Å². The van der Waals surface area contributed by atoms with Crippen LogP contribution in [0.5, 0.6) is 0 Å². The number of rotatable bonds is 7. The second-order valence-electron chi connectivity index (χ2n) is 6.20. The molecule has 2 aliphatic rings. The van der Waals surface area contributed by atoms with Gasteiger partial charge in [0.1, 0.15) is 0 Å². The number of ether oxygens (including phenoxy) is 1. The zero-order chi connectivity index (χ0) is 12.1. The van der Waals surface area contributed by atoms with Gasteiger partial charge in [0.2, 0.25) is 0 Å². The molecule has 0 aromatic heterocycles. The van der Waals surface area contributed by atoms with E-state index in [1.807, 2.05) is 0 Å². The van der Waals surface area contributed by atoms with Crippen molar-refractivity contribution in [2.45, 2.75) is 70.9 Å². The maximum Gasteiger partial charge on any atom is 0.0577 e. The molecule has 0 bridgehead atoms. The Kier molecular flexibility index (Phi) is 5.30. The fourth-order valence-electron chi connectivity index (χ4n) is 2.72. The highest BCUT2D eigenvalue weighted by Crippen LogP contribution is 2.30. The van der Waals surface area contributed by atoms with E-state index < -0.39 is 0 Å². The molecule has 0 aromatic rings. The largest absolute Gasteiger partial charge is 0.378 e. The Morgan fingerprint density at radius 2 is 1.82 bits per heavy atom. The van der Waals surface area contributed by atoms with E-state index in [1.165, 1.54) is 51.5 Å². The zero-order valence-corrected chi connectivity index (χ0v) is 11.6. The van der Waals surface area contributed by atoms with Gasteiger partial charge in [-0.05, 0) is 63.3 Å². The Bertz CT molecular complexity index is 215. The van der Waals surface area contributed by atoms with Gasteiger partial charge in [-0.3, -0.25) is 0 Å². The third-order valence-electron chi connectivity index (χ3n) is 4.49. The molecule has 0 spiro atoms. The minimum atomic E-state index is 0.553. The van der Waals surface area contributed by atoms with E-state index in [4.69, 9.17) is 4.74 Å². The Balaban J connectivity index is 1.44. The Morgan fingerprint density at radius 1 is 1.00 bits per heavy atom. The highest BCUT2D eigenvalue weighted by molar-refractivity contribution is 4.80. The molecule has 1 N–H and O–H groups in total. The summed E-state index contributed by atoms with van der Waals surface area (Å²) in [6.45, 7) is 6.91. The number of nitrogens with one attached hydrogen (secondary N) is 1. The van der Waals surface area contributed by atoms with E-state index in [9.17, 15) is 0 Å². The summed E-state index contributed by atoms with van der Waals surface area (Å²) in [5.41, 5.74) is 0. The molecule has 2 rings (SSSR count). The first kappa shape index (κ1) is 13.4. The molecule has 17 heavy (non-hydrogen) atoms. The molecule has 0 aromatic carbocycles. The van der Waals surface area contributed by atoms with Crippen LogP contribution < -0.4 is 5.32 Å². The van der Waals surface area contributed by atoms with Crippen molar-refractivity contribution in [1.82, 2.24) is 5.32 Å². The Labute approximate surface area is 107 Å². The van der Waals surface area contributed by atoms with Gasteiger partial charge in [-0.15, -0.1) is 0 Å². The van der Waals surface area contributed by atoms with Crippen LogP contribution in [0.15, 0.2) is 0 Å². The van der Waals surface area contributed by atoms with Gasteiger partial charge in [0.25, 0.3) is 0 Å². The Morgan fingerprint density at radius 3 is 2.53 bits per heavy atom. The summed E-state index contributed by atoms with van der Waals surface area (Å²) in [5.74, 6) is 1.75. The van der Waals surface area contributed by atoms with E-state index in [0.717, 1.165) is 24.5 Å². The molecule has 3 unspecified atom stereocenters. The minimum absolute atomic E-state index is 0.553. The maximum absolute atomic E-state index is 6.00. The summed E-state index contributed by atoms with van der Waals surface area (Å²) in [6.07, 6.45) is 9.76. The molecule has 2 saturated carbocycles. The molecule has 3 atom stereocenters. The van der Waals surface area contributed by atoms with Crippen molar-refractivity contribution in [3.05, 3.63) is 0 Å². The van der Waals surface area contributed by atoms with Crippen molar-refractivity contribution >= 4 is 0 Å². The normalized spacial score (nSPS) is 33.9. The van der Waals surface area contributed by atoms with Gasteiger partial charge in [0.15, 0.2) is 0 Å². The first-order chi connectivity index (χ1) is 8.25. The van der Waals surface area contributed by atoms with Crippen molar-refractivity contribution in [3.8, 4) is 0 Å². The average molecular weight is 239 g/mol. The number of unbranched alkanes of at least 4 members (excludes halogenated alkanes) is 1. The first-order valence-electron chi connectivity index (χ1n) is 7.60. The SMILES string of the molecule is CC1CCC(OCCCCNC2CC2)CC1C. The first-order valence-corrected chi connectivity index (χ1v) is 7.60. The standard InChI is InChI=1S/C15H29NO/c1-12-5-8-15(11-13(12)2)17-10-4-3-9-16-14-6-7-14/h12-16H,3-11H2,1-2H3. The van der Waals surface area contributed by atoms with E-state index in [-0.39, 0.29) is 0 Å². The molecule has 2 heteroatoms. The maximum atomic E-state index is 6.00. The summed E-state index contributed by atoms with van der Waals surface area (Å²) in [6, 6.07) is 0.858. The van der Waals surface area contributed by atoms with Gasteiger partial charge in [0, 0.05) is 12.6 Å². The lowest BCUT2D eigenvalue weighted by Gasteiger charge is -2.32. The lowest BCUT2D eigenvalue weighted by atomic mass is 9.80. The van der Waals surface area contributed by atoms with Crippen molar-refractivity contribution < 1.29 is 4.74 Å². The number of hydrogen-bond donors (Lipinski definition) is 1. The van der Waals surface area contributed by atoms with Crippen molar-refractivity contribution in [2.24, 2.45) is 11.8 Å². The summed E-state index contributed by atoms with van der Waals surface area (Å²) < 4.78 is 6.00. The summed E-state index contributed by atoms with van der Waals surface area (Å²) in [7, 11) is 0. The van der Waals surface area contributed by atoms with Gasteiger partial charge in [-0.25, -0.2) is 0 Å². The Hall–Kier alpha value is -0.0800. The third kappa shape index (κ3) is 4.97. The molecule has 0 radical (unpaired) electrons. The molecule has 2 nitrogen and oxygen atoms in total. The lowest BCUT2D eigenvalue weighted by molar-refractivity contribution is 0.00119. The predicted molar refractivity (Wildman–Crippen MR) is 72.2 cm³/mol. The van der Waals surface area contributed by atoms with Gasteiger partial charge in [-0.2, -0.15) is 0 Å². The molecule has 100 valence electrons. The average Bonchev–Trinajstić information content (AvgIpc) is 3.12. The van der Waals surface area contributed by atoms with Crippen LogP contribution in [0.4, 0.5) is 0 Å².